The molecule has 34 heavy (non-hydrogen) atoms. The first-order valence-electron chi connectivity index (χ1n) is 10.2. The van der Waals surface area contributed by atoms with Gasteiger partial charge in [0.15, 0.2) is 0 Å². The van der Waals surface area contributed by atoms with Gasteiger partial charge in [-0.3, -0.25) is 14.3 Å². The van der Waals surface area contributed by atoms with Crippen molar-refractivity contribution < 1.29 is 47.6 Å². The number of methoxy groups -OCH3 is 1. The molecule has 6 atom stereocenters. The minimum atomic E-state index is -4.20. The zero-order valence-corrected chi connectivity index (χ0v) is 19.2. The summed E-state index contributed by atoms with van der Waals surface area (Å²) in [6, 6.07) is 9.99. The lowest BCUT2D eigenvalue weighted by molar-refractivity contribution is -0.142. The molecule has 0 radical (unpaired) electrons. The minimum Gasteiger partial charge on any atom is -0.468 e. The number of esters is 2. The highest BCUT2D eigenvalue weighted by Gasteiger charge is 2.46. The molecule has 1 aliphatic heterocycles. The van der Waals surface area contributed by atoms with Crippen LogP contribution in [-0.4, -0.2) is 71.5 Å². The highest BCUT2D eigenvalue weighted by Crippen LogP contribution is 2.45. The van der Waals surface area contributed by atoms with Gasteiger partial charge in [-0.1, -0.05) is 18.2 Å². The summed E-state index contributed by atoms with van der Waals surface area (Å²) in [6.45, 7) is 0.860. The van der Waals surface area contributed by atoms with Crippen LogP contribution in [0.25, 0.3) is 0 Å². The van der Waals surface area contributed by atoms with Crippen LogP contribution in [0.1, 0.15) is 17.3 Å². The second-order valence-electron chi connectivity index (χ2n) is 7.24. The fourth-order valence-corrected chi connectivity index (χ4v) is 4.46. The molecule has 3 rings (SSSR count). The Morgan fingerprint density at radius 1 is 1.18 bits per heavy atom. The summed E-state index contributed by atoms with van der Waals surface area (Å²) in [4.78, 5) is 27.8. The van der Waals surface area contributed by atoms with Crippen LogP contribution in [0, 0.1) is 0 Å². The van der Waals surface area contributed by atoms with E-state index in [9.17, 15) is 24.4 Å². The molecule has 1 saturated heterocycles. The molecule has 184 valence electrons. The van der Waals surface area contributed by atoms with Crippen molar-refractivity contribution in [2.45, 2.75) is 37.6 Å². The van der Waals surface area contributed by atoms with Crippen LogP contribution in [-0.2, 0) is 28.1 Å². The summed E-state index contributed by atoms with van der Waals surface area (Å²) in [6.07, 6.45) is -3.12. The lowest BCUT2D eigenvalue weighted by atomic mass is 10.1. The molecule has 0 spiro atoms. The van der Waals surface area contributed by atoms with Gasteiger partial charge in [-0.2, -0.15) is 5.09 Å². The van der Waals surface area contributed by atoms with E-state index in [0.717, 1.165) is 0 Å². The number of carbonyl (C=O) groups excluding carboxylic acids is 2. The molecular formula is C21H25N2O10P. The molecule has 1 unspecified atom stereocenters. The van der Waals surface area contributed by atoms with Crippen molar-refractivity contribution in [1.29, 1.82) is 0 Å². The molecule has 0 aliphatic carbocycles. The van der Waals surface area contributed by atoms with Crippen molar-refractivity contribution in [3.05, 3.63) is 60.4 Å². The van der Waals surface area contributed by atoms with Crippen molar-refractivity contribution in [3.63, 3.8) is 0 Å². The molecule has 0 amide bonds. The van der Waals surface area contributed by atoms with Gasteiger partial charge in [-0.15, -0.1) is 0 Å². The molecule has 2 aromatic rings. The predicted octanol–water partition coefficient (Wildman–Crippen LogP) is 1.04. The van der Waals surface area contributed by atoms with Gasteiger partial charge < -0.3 is 28.9 Å². The van der Waals surface area contributed by atoms with E-state index in [1.54, 1.807) is 18.2 Å². The van der Waals surface area contributed by atoms with Crippen LogP contribution in [0.4, 0.5) is 0 Å². The van der Waals surface area contributed by atoms with Crippen molar-refractivity contribution in [2.75, 3.05) is 13.7 Å². The Balaban J connectivity index is 1.66. The second-order valence-corrected chi connectivity index (χ2v) is 8.94. The van der Waals surface area contributed by atoms with Gasteiger partial charge in [-0.05, 0) is 31.2 Å². The summed E-state index contributed by atoms with van der Waals surface area (Å²) >= 11 is 0. The SMILES string of the molecule is COC(=O)[C@@H](C)N[P@@](=O)(OC[C@H]1OC(OC(=O)c2cccnc2)[C@H](O)[C@@H]1O)Oc1ccccc1. The molecular weight excluding hydrogens is 471 g/mol. The van der Waals surface area contributed by atoms with E-state index in [-0.39, 0.29) is 11.3 Å². The Bertz CT molecular complexity index is 1010. The van der Waals surface area contributed by atoms with Gasteiger partial charge in [0.2, 0.25) is 6.29 Å². The maximum Gasteiger partial charge on any atom is 0.459 e. The van der Waals surface area contributed by atoms with Crippen molar-refractivity contribution in [3.8, 4) is 5.75 Å². The summed E-state index contributed by atoms with van der Waals surface area (Å²) < 4.78 is 39.4. The molecule has 13 heteroatoms. The van der Waals surface area contributed by atoms with Gasteiger partial charge in [0.25, 0.3) is 0 Å². The normalized spacial score (nSPS) is 24.6. The highest BCUT2D eigenvalue weighted by atomic mass is 31.2. The maximum absolute atomic E-state index is 13.3. The van der Waals surface area contributed by atoms with Gasteiger partial charge >= 0.3 is 19.7 Å². The van der Waals surface area contributed by atoms with Crippen molar-refractivity contribution >= 4 is 19.7 Å². The number of nitrogens with one attached hydrogen (secondary N) is 1. The van der Waals surface area contributed by atoms with Crippen molar-refractivity contribution in [2.24, 2.45) is 0 Å². The third-order valence-corrected chi connectivity index (χ3v) is 6.37. The van der Waals surface area contributed by atoms with Crippen LogP contribution in [0.5, 0.6) is 5.75 Å². The quantitative estimate of drug-likeness (QED) is 0.317. The minimum absolute atomic E-state index is 0.120. The number of aliphatic hydroxyl groups excluding tert-OH is 2. The van der Waals surface area contributed by atoms with Crippen LogP contribution in [0.2, 0.25) is 0 Å². The Kier molecular flexibility index (Phi) is 8.72. The molecule has 1 fully saturated rings. The monoisotopic (exact) mass is 496 g/mol. The zero-order valence-electron chi connectivity index (χ0n) is 18.3. The smallest absolute Gasteiger partial charge is 0.459 e. The number of pyridine rings is 1. The Labute approximate surface area is 195 Å². The number of carbonyl (C=O) groups is 2. The predicted molar refractivity (Wildman–Crippen MR) is 116 cm³/mol. The molecule has 3 N–H and O–H groups in total. The first-order chi connectivity index (χ1) is 16.2. The largest absolute Gasteiger partial charge is 0.468 e. The first-order valence-corrected chi connectivity index (χ1v) is 11.7. The number of hydrogen-bond donors (Lipinski definition) is 3. The average molecular weight is 496 g/mol. The van der Waals surface area contributed by atoms with E-state index in [1.165, 1.54) is 50.7 Å². The van der Waals surface area contributed by atoms with Crippen LogP contribution in [0.3, 0.4) is 0 Å². The Hall–Kier alpha value is -2.86. The fourth-order valence-electron chi connectivity index (χ4n) is 2.95. The van der Waals surface area contributed by atoms with Crippen LogP contribution >= 0.6 is 7.75 Å². The van der Waals surface area contributed by atoms with E-state index in [2.05, 4.69) is 14.8 Å². The molecule has 0 bridgehead atoms. The molecule has 0 saturated carbocycles. The second kappa shape index (κ2) is 11.5. The van der Waals surface area contributed by atoms with Gasteiger partial charge in [0, 0.05) is 12.4 Å². The molecule has 12 nitrogen and oxygen atoms in total. The number of ether oxygens (including phenoxy) is 3. The molecule has 1 aromatic heterocycles. The standard InChI is InChI=1S/C21H25N2O10P/c1-13(19(26)29-2)23-34(28,33-15-8-4-3-5-9-15)30-12-16-17(24)18(25)21(31-16)32-20(27)14-7-6-10-22-11-14/h3-11,13,16-18,21,24-25H,12H2,1-2H3,(H,23,28)/t13-,16-,17-,18-,21?,34-/m1/s1. The summed E-state index contributed by atoms with van der Waals surface area (Å²) in [5, 5.41) is 23.0. The van der Waals surface area contributed by atoms with Crippen LogP contribution < -0.4 is 9.61 Å². The number of aromatic nitrogens is 1. The summed E-state index contributed by atoms with van der Waals surface area (Å²) in [7, 11) is -3.03. The van der Waals surface area contributed by atoms with Gasteiger partial charge in [0.05, 0.1) is 19.3 Å². The lowest BCUT2D eigenvalue weighted by Crippen LogP contribution is -2.37. The zero-order chi connectivity index (χ0) is 24.7. The Morgan fingerprint density at radius 3 is 2.56 bits per heavy atom. The molecule has 1 aliphatic rings. The van der Waals surface area contributed by atoms with Gasteiger partial charge in [0.1, 0.15) is 30.1 Å². The molecule has 1 aromatic carbocycles. The topological polar surface area (TPSA) is 163 Å². The lowest BCUT2D eigenvalue weighted by Gasteiger charge is -2.24. The fraction of sp³-hybridized carbons (Fsp3) is 0.381. The third kappa shape index (κ3) is 6.60. The summed E-state index contributed by atoms with van der Waals surface area (Å²) in [5.41, 5.74) is 0.120. The van der Waals surface area contributed by atoms with Crippen molar-refractivity contribution in [1.82, 2.24) is 10.1 Å². The van der Waals surface area contributed by atoms with Crippen LogP contribution in [0.15, 0.2) is 54.9 Å². The van der Waals surface area contributed by atoms with E-state index in [4.69, 9.17) is 18.5 Å². The number of benzene rings is 1. The van der Waals surface area contributed by atoms with E-state index in [1.807, 2.05) is 0 Å². The molecule has 2 heterocycles. The number of hydrogen-bond acceptors (Lipinski definition) is 11. The van der Waals surface area contributed by atoms with E-state index in [0.29, 0.717) is 0 Å². The maximum atomic E-state index is 13.3. The number of aliphatic hydroxyl groups is 2. The number of rotatable bonds is 10. The highest BCUT2D eigenvalue weighted by molar-refractivity contribution is 7.52. The summed E-state index contributed by atoms with van der Waals surface area (Å²) in [5.74, 6) is -1.35. The Morgan fingerprint density at radius 2 is 1.91 bits per heavy atom. The van der Waals surface area contributed by atoms with E-state index >= 15 is 0 Å². The third-order valence-electron chi connectivity index (χ3n) is 4.72. The number of nitrogens with zero attached hydrogens (tertiary/aromatic N) is 1. The van der Waals surface area contributed by atoms with Gasteiger partial charge in [-0.25, -0.2) is 9.36 Å². The average Bonchev–Trinajstić information content (AvgIpc) is 3.11. The number of para-hydroxylation sites is 1. The van der Waals surface area contributed by atoms with E-state index < -0.39 is 56.9 Å². The first kappa shape index (κ1) is 25.8.